The number of anilines is 1. The van der Waals surface area contributed by atoms with E-state index in [4.69, 9.17) is 4.52 Å². The van der Waals surface area contributed by atoms with Gasteiger partial charge in [0.05, 0.1) is 11.9 Å². The van der Waals surface area contributed by atoms with Crippen LogP contribution in [0, 0.1) is 17.8 Å². The van der Waals surface area contributed by atoms with E-state index in [1.54, 1.807) is 6.33 Å². The molecule has 2 aliphatic heterocycles. The maximum Gasteiger partial charge on any atom is 0.185 e. The molecular weight excluding hydrogens is 404 g/mol. The molecule has 5 rings (SSSR count). The summed E-state index contributed by atoms with van der Waals surface area (Å²) in [6.07, 6.45) is 8.38. The zero-order valence-electron chi connectivity index (χ0n) is 18.9. The second-order valence-corrected chi connectivity index (χ2v) is 9.56. The number of aromatic nitrogens is 4. The molecule has 2 N–H and O–H groups in total. The molecule has 2 unspecified atom stereocenters. The topological polar surface area (TPSA) is 99.9 Å². The number of hydrogen-bond acceptors (Lipinski definition) is 7. The molecule has 2 aliphatic rings. The molecule has 8 nitrogen and oxygen atoms in total. The SMILES string of the molecule is CC(CCC1CCNC1)[C@H](C)CC(=O)c1noc2c1CN(c1ncnc3[nH]ccc13)CC2. The van der Waals surface area contributed by atoms with E-state index in [0.717, 1.165) is 53.7 Å². The molecule has 1 fully saturated rings. The molecule has 1 saturated heterocycles. The predicted octanol–water partition coefficient (Wildman–Crippen LogP) is 3.74. The molecule has 32 heavy (non-hydrogen) atoms. The third-order valence-electron chi connectivity index (χ3n) is 7.40. The number of aromatic amines is 1. The number of fused-ring (bicyclic) bond motifs is 2. The number of carbonyl (C=O) groups excluding carboxylic acids is 1. The minimum atomic E-state index is 0.0909. The van der Waals surface area contributed by atoms with E-state index < -0.39 is 0 Å². The van der Waals surface area contributed by atoms with Crippen molar-refractivity contribution in [3.63, 3.8) is 0 Å². The van der Waals surface area contributed by atoms with E-state index in [-0.39, 0.29) is 5.78 Å². The monoisotopic (exact) mass is 436 g/mol. The number of Topliss-reactive ketones (excluding diaryl/α,β-unsaturated/α-hetero) is 1. The van der Waals surface area contributed by atoms with Gasteiger partial charge in [-0.05, 0) is 49.8 Å². The van der Waals surface area contributed by atoms with Gasteiger partial charge in [-0.15, -0.1) is 0 Å². The van der Waals surface area contributed by atoms with Crippen molar-refractivity contribution < 1.29 is 9.32 Å². The van der Waals surface area contributed by atoms with Gasteiger partial charge in [-0.3, -0.25) is 4.79 Å². The quantitative estimate of drug-likeness (QED) is 0.519. The first kappa shape index (κ1) is 21.1. The first-order valence-corrected chi connectivity index (χ1v) is 11.8. The van der Waals surface area contributed by atoms with E-state index in [0.29, 0.717) is 36.9 Å². The third-order valence-corrected chi connectivity index (χ3v) is 7.40. The third kappa shape index (κ3) is 4.16. The Morgan fingerprint density at radius 3 is 3.06 bits per heavy atom. The Bertz CT molecular complexity index is 1080. The van der Waals surface area contributed by atoms with Gasteiger partial charge in [0.1, 0.15) is 23.6 Å². The van der Waals surface area contributed by atoms with Crippen molar-refractivity contribution >= 4 is 22.6 Å². The molecule has 0 bridgehead atoms. The highest BCUT2D eigenvalue weighted by atomic mass is 16.5. The fourth-order valence-electron chi connectivity index (χ4n) is 5.05. The van der Waals surface area contributed by atoms with Gasteiger partial charge in [-0.25, -0.2) is 9.97 Å². The molecule has 170 valence electrons. The zero-order chi connectivity index (χ0) is 22.1. The normalized spacial score (nSPS) is 20.4. The predicted molar refractivity (Wildman–Crippen MR) is 123 cm³/mol. The van der Waals surface area contributed by atoms with Crippen molar-refractivity contribution in [2.75, 3.05) is 24.5 Å². The molecule has 8 heteroatoms. The standard InChI is InChI=1S/C24H32N6O2/c1-15(3-4-17-5-8-25-12-17)16(2)11-20(31)22-19-13-30(10-7-21(19)32-29-22)24-18-6-9-26-23(18)27-14-28-24/h6,9,14-17,25H,3-5,7-8,10-13H2,1-2H3,(H,26,27,28)/t15?,16-,17?/m1/s1. The van der Waals surface area contributed by atoms with Crippen molar-refractivity contribution in [3.8, 4) is 0 Å². The molecule has 0 amide bonds. The number of nitrogens with one attached hydrogen (secondary N) is 2. The smallest absolute Gasteiger partial charge is 0.185 e. The summed E-state index contributed by atoms with van der Waals surface area (Å²) < 4.78 is 5.58. The largest absolute Gasteiger partial charge is 0.360 e. The summed E-state index contributed by atoms with van der Waals surface area (Å²) in [5.74, 6) is 3.44. The second-order valence-electron chi connectivity index (χ2n) is 9.56. The van der Waals surface area contributed by atoms with E-state index in [1.165, 1.54) is 19.3 Å². The Morgan fingerprint density at radius 2 is 2.22 bits per heavy atom. The summed E-state index contributed by atoms with van der Waals surface area (Å²) in [5.41, 5.74) is 2.24. The van der Waals surface area contributed by atoms with Gasteiger partial charge < -0.3 is 19.7 Å². The minimum Gasteiger partial charge on any atom is -0.360 e. The van der Waals surface area contributed by atoms with Crippen LogP contribution in [0.15, 0.2) is 23.1 Å². The Morgan fingerprint density at radius 1 is 1.31 bits per heavy atom. The van der Waals surface area contributed by atoms with E-state index in [1.807, 2.05) is 12.3 Å². The van der Waals surface area contributed by atoms with Crippen molar-refractivity contribution in [2.24, 2.45) is 17.8 Å². The van der Waals surface area contributed by atoms with Crippen LogP contribution in [0.3, 0.4) is 0 Å². The lowest BCUT2D eigenvalue weighted by Gasteiger charge is -2.27. The molecule has 5 heterocycles. The molecular formula is C24H32N6O2. The maximum atomic E-state index is 13.2. The molecule has 0 aromatic carbocycles. The van der Waals surface area contributed by atoms with Gasteiger partial charge in [-0.2, -0.15) is 0 Å². The van der Waals surface area contributed by atoms with Crippen LogP contribution in [0.4, 0.5) is 5.82 Å². The Kier molecular flexibility index (Phi) is 5.95. The van der Waals surface area contributed by atoms with Gasteiger partial charge in [0.15, 0.2) is 11.5 Å². The lowest BCUT2D eigenvalue weighted by atomic mass is 9.84. The summed E-state index contributed by atoms with van der Waals surface area (Å²) in [5, 5.41) is 8.63. The van der Waals surface area contributed by atoms with Gasteiger partial charge in [-0.1, -0.05) is 25.4 Å². The summed E-state index contributed by atoms with van der Waals surface area (Å²) in [6.45, 7) is 8.11. The van der Waals surface area contributed by atoms with Crippen LogP contribution in [0.25, 0.3) is 11.0 Å². The van der Waals surface area contributed by atoms with Gasteiger partial charge in [0.25, 0.3) is 0 Å². The van der Waals surface area contributed by atoms with Crippen LogP contribution in [0.1, 0.15) is 61.3 Å². The molecule has 0 spiro atoms. The second kappa shape index (κ2) is 9.02. The molecule has 3 aromatic rings. The van der Waals surface area contributed by atoms with E-state index in [9.17, 15) is 4.79 Å². The van der Waals surface area contributed by atoms with Crippen LogP contribution in [0.5, 0.6) is 0 Å². The number of H-pyrrole nitrogens is 1. The highest BCUT2D eigenvalue weighted by Gasteiger charge is 2.30. The average molecular weight is 437 g/mol. The van der Waals surface area contributed by atoms with E-state index in [2.05, 4.69) is 44.2 Å². The van der Waals surface area contributed by atoms with Crippen molar-refractivity contribution in [1.29, 1.82) is 0 Å². The first-order chi connectivity index (χ1) is 15.6. The van der Waals surface area contributed by atoms with Gasteiger partial charge >= 0.3 is 0 Å². The fourth-order valence-corrected chi connectivity index (χ4v) is 5.05. The first-order valence-electron chi connectivity index (χ1n) is 11.8. The Balaban J connectivity index is 1.25. The number of nitrogens with zero attached hydrogens (tertiary/aromatic N) is 4. The van der Waals surface area contributed by atoms with Crippen molar-refractivity contribution in [3.05, 3.63) is 35.6 Å². The Hall–Kier alpha value is -2.74. The molecule has 3 aromatic heterocycles. The number of carbonyl (C=O) groups is 1. The highest BCUT2D eigenvalue weighted by Crippen LogP contribution is 2.31. The minimum absolute atomic E-state index is 0.0909. The van der Waals surface area contributed by atoms with Crippen LogP contribution in [-0.4, -0.2) is 45.5 Å². The van der Waals surface area contributed by atoms with Crippen LogP contribution in [0.2, 0.25) is 0 Å². The summed E-state index contributed by atoms with van der Waals surface area (Å²) in [7, 11) is 0. The number of rotatable bonds is 8. The molecule has 0 saturated carbocycles. The molecule has 0 radical (unpaired) electrons. The van der Waals surface area contributed by atoms with Crippen molar-refractivity contribution in [1.82, 2.24) is 25.4 Å². The van der Waals surface area contributed by atoms with Gasteiger partial charge in [0, 0.05) is 31.1 Å². The molecule has 0 aliphatic carbocycles. The summed E-state index contributed by atoms with van der Waals surface area (Å²) >= 11 is 0. The fraction of sp³-hybridized carbons (Fsp3) is 0.583. The highest BCUT2D eigenvalue weighted by molar-refractivity contribution is 5.96. The van der Waals surface area contributed by atoms with Crippen molar-refractivity contribution in [2.45, 2.75) is 52.5 Å². The summed E-state index contributed by atoms with van der Waals surface area (Å²) in [4.78, 5) is 27.3. The summed E-state index contributed by atoms with van der Waals surface area (Å²) in [6, 6.07) is 1.99. The van der Waals surface area contributed by atoms with Crippen LogP contribution < -0.4 is 10.2 Å². The van der Waals surface area contributed by atoms with Gasteiger partial charge in [0.2, 0.25) is 0 Å². The van der Waals surface area contributed by atoms with Crippen LogP contribution >= 0.6 is 0 Å². The maximum absolute atomic E-state index is 13.2. The Labute approximate surface area is 188 Å². The number of hydrogen-bond donors (Lipinski definition) is 2. The lowest BCUT2D eigenvalue weighted by molar-refractivity contribution is 0.0939. The number of ketones is 1. The molecule has 3 atom stereocenters. The zero-order valence-corrected chi connectivity index (χ0v) is 18.9. The lowest BCUT2D eigenvalue weighted by Crippen LogP contribution is -2.31. The van der Waals surface area contributed by atoms with Crippen LogP contribution in [-0.2, 0) is 13.0 Å². The van der Waals surface area contributed by atoms with E-state index >= 15 is 0 Å². The average Bonchev–Trinajstić information content (AvgIpc) is 3.57.